The summed E-state index contributed by atoms with van der Waals surface area (Å²) in [7, 11) is 0. The van der Waals surface area contributed by atoms with Crippen LogP contribution < -0.4 is 11.5 Å². The molecule has 0 atom stereocenters. The molecule has 8 heteroatoms. The van der Waals surface area contributed by atoms with E-state index in [4.69, 9.17) is 11.5 Å². The number of hydrogen-bond donors (Lipinski definition) is 2. The molecule has 4 aromatic rings. The Kier molecular flexibility index (Phi) is 2.38. The Balaban J connectivity index is 1.90. The number of nitrogens with two attached hydrogens (primary N) is 2. The fourth-order valence-corrected chi connectivity index (χ4v) is 2.27. The van der Waals surface area contributed by atoms with Crippen molar-refractivity contribution in [1.29, 1.82) is 0 Å². The van der Waals surface area contributed by atoms with Gasteiger partial charge in [0.1, 0.15) is 0 Å². The molecule has 0 bridgehead atoms. The Hall–Kier alpha value is -3.16. The van der Waals surface area contributed by atoms with Crippen LogP contribution in [0.15, 0.2) is 24.5 Å². The summed E-state index contributed by atoms with van der Waals surface area (Å²) in [6.07, 6.45) is 3.47. The highest BCUT2D eigenvalue weighted by atomic mass is 15.3. The molecule has 8 nitrogen and oxygen atoms in total. The second-order valence-electron chi connectivity index (χ2n) is 5.30. The number of nitrogens with zero attached hydrogens (tertiary/aromatic N) is 6. The predicted molar refractivity (Wildman–Crippen MR) is 83.3 cm³/mol. The van der Waals surface area contributed by atoms with E-state index in [9.17, 15) is 0 Å². The quantitative estimate of drug-likeness (QED) is 0.546. The largest absolute Gasteiger partial charge is 0.397 e. The molecule has 110 valence electrons. The summed E-state index contributed by atoms with van der Waals surface area (Å²) in [4.78, 5) is 8.90. The molecule has 4 heterocycles. The highest BCUT2D eigenvalue weighted by Gasteiger charge is 2.14. The molecular formula is C14H14N8. The summed E-state index contributed by atoms with van der Waals surface area (Å²) in [6.45, 7) is 3.86. The van der Waals surface area contributed by atoms with Gasteiger partial charge in [-0.2, -0.15) is 0 Å². The van der Waals surface area contributed by atoms with Crippen molar-refractivity contribution in [2.45, 2.75) is 13.8 Å². The molecule has 0 aliphatic heterocycles. The number of rotatable bonds is 1. The molecule has 22 heavy (non-hydrogen) atoms. The van der Waals surface area contributed by atoms with Crippen LogP contribution in [-0.2, 0) is 0 Å². The lowest BCUT2D eigenvalue weighted by Crippen LogP contribution is -1.95. The molecule has 0 amide bonds. The van der Waals surface area contributed by atoms with Crippen LogP contribution in [0.4, 0.5) is 11.4 Å². The molecule has 0 spiro atoms. The fourth-order valence-electron chi connectivity index (χ4n) is 2.27. The van der Waals surface area contributed by atoms with Crippen LogP contribution in [0.5, 0.6) is 0 Å². The molecule has 0 saturated carbocycles. The average molecular weight is 294 g/mol. The summed E-state index contributed by atoms with van der Waals surface area (Å²) < 4.78 is 3.26. The molecule has 4 rings (SSSR count). The van der Waals surface area contributed by atoms with Crippen LogP contribution in [0, 0.1) is 13.8 Å². The SMILES string of the molecule is Cc1cc2nc(-c3nc4cc(C)c(N)cn4n3)nn2cc1N. The third-order valence-corrected chi connectivity index (χ3v) is 3.64. The third kappa shape index (κ3) is 1.77. The van der Waals surface area contributed by atoms with Crippen LogP contribution in [0.25, 0.3) is 22.9 Å². The van der Waals surface area contributed by atoms with E-state index in [2.05, 4.69) is 20.2 Å². The smallest absolute Gasteiger partial charge is 0.221 e. The molecule has 0 aromatic carbocycles. The number of hydrogen-bond acceptors (Lipinski definition) is 6. The van der Waals surface area contributed by atoms with Gasteiger partial charge >= 0.3 is 0 Å². The van der Waals surface area contributed by atoms with Crippen molar-refractivity contribution in [2.75, 3.05) is 11.5 Å². The van der Waals surface area contributed by atoms with Gasteiger partial charge in [0.05, 0.1) is 23.8 Å². The fraction of sp³-hybridized carbons (Fsp3) is 0.143. The molecule has 4 N–H and O–H groups in total. The van der Waals surface area contributed by atoms with E-state index in [1.807, 2.05) is 26.0 Å². The van der Waals surface area contributed by atoms with Gasteiger partial charge in [-0.1, -0.05) is 0 Å². The van der Waals surface area contributed by atoms with Crippen molar-refractivity contribution in [3.63, 3.8) is 0 Å². The van der Waals surface area contributed by atoms with Crippen LogP contribution in [-0.4, -0.2) is 29.2 Å². The number of aromatic nitrogens is 6. The van der Waals surface area contributed by atoms with Crippen molar-refractivity contribution in [1.82, 2.24) is 29.2 Å². The Labute approximate surface area is 125 Å². The summed E-state index contributed by atoms with van der Waals surface area (Å²) in [5.74, 6) is 0.898. The standard InChI is InChI=1S/C14H14N8/c1-7-3-11-17-13(19-21(11)5-9(7)15)14-18-12-4-8(2)10(16)6-22(12)20-14/h3-6H,15-16H2,1-2H3. The normalized spacial score (nSPS) is 11.5. The maximum Gasteiger partial charge on any atom is 0.221 e. The zero-order chi connectivity index (χ0) is 15.4. The Bertz CT molecular complexity index is 864. The molecule has 0 aliphatic rings. The molecule has 0 fully saturated rings. The molecule has 0 aliphatic carbocycles. The minimum Gasteiger partial charge on any atom is -0.397 e. The zero-order valence-corrected chi connectivity index (χ0v) is 12.1. The zero-order valence-electron chi connectivity index (χ0n) is 12.1. The Morgan fingerprint density at radius 1 is 0.773 bits per heavy atom. The van der Waals surface area contributed by atoms with Gasteiger partial charge in [-0.05, 0) is 37.1 Å². The van der Waals surface area contributed by atoms with E-state index in [0.29, 0.717) is 34.3 Å². The van der Waals surface area contributed by atoms with Crippen molar-refractivity contribution >= 4 is 22.7 Å². The summed E-state index contributed by atoms with van der Waals surface area (Å²) in [5.41, 5.74) is 16.4. The maximum absolute atomic E-state index is 5.89. The molecule has 0 unspecified atom stereocenters. The molecule has 0 radical (unpaired) electrons. The van der Waals surface area contributed by atoms with Crippen molar-refractivity contribution in [2.24, 2.45) is 0 Å². The van der Waals surface area contributed by atoms with Crippen LogP contribution in [0.3, 0.4) is 0 Å². The Morgan fingerprint density at radius 2 is 1.18 bits per heavy atom. The monoisotopic (exact) mass is 294 g/mol. The van der Waals surface area contributed by atoms with Crippen molar-refractivity contribution in [3.05, 3.63) is 35.7 Å². The van der Waals surface area contributed by atoms with Gasteiger partial charge in [0.25, 0.3) is 0 Å². The van der Waals surface area contributed by atoms with E-state index < -0.39 is 0 Å². The van der Waals surface area contributed by atoms with Crippen LogP contribution in [0.1, 0.15) is 11.1 Å². The summed E-state index contributed by atoms with van der Waals surface area (Å²) in [6, 6.07) is 3.76. The van der Waals surface area contributed by atoms with Gasteiger partial charge in [0, 0.05) is 0 Å². The average Bonchev–Trinajstić information content (AvgIpc) is 3.03. The number of anilines is 2. The summed E-state index contributed by atoms with van der Waals surface area (Å²) in [5, 5.41) is 8.76. The van der Waals surface area contributed by atoms with Crippen molar-refractivity contribution < 1.29 is 0 Å². The first-order valence-corrected chi connectivity index (χ1v) is 6.76. The van der Waals surface area contributed by atoms with E-state index in [1.54, 1.807) is 21.4 Å². The number of pyridine rings is 2. The molecule has 0 saturated heterocycles. The lowest BCUT2D eigenvalue weighted by Gasteiger charge is -1.98. The highest BCUT2D eigenvalue weighted by molar-refractivity contribution is 5.60. The topological polar surface area (TPSA) is 112 Å². The second kappa shape index (κ2) is 4.17. The van der Waals surface area contributed by atoms with Gasteiger partial charge in [-0.3, -0.25) is 0 Å². The number of nitrogen functional groups attached to an aromatic ring is 2. The lowest BCUT2D eigenvalue weighted by atomic mass is 10.2. The lowest BCUT2D eigenvalue weighted by molar-refractivity contribution is 0.934. The van der Waals surface area contributed by atoms with Gasteiger partial charge in [0.2, 0.25) is 11.6 Å². The molecule has 4 aromatic heterocycles. The first-order valence-electron chi connectivity index (χ1n) is 6.76. The third-order valence-electron chi connectivity index (χ3n) is 3.64. The summed E-state index contributed by atoms with van der Waals surface area (Å²) >= 11 is 0. The predicted octanol–water partition coefficient (Wildman–Crippen LogP) is 1.22. The van der Waals surface area contributed by atoms with Crippen molar-refractivity contribution in [3.8, 4) is 11.6 Å². The first kappa shape index (κ1) is 12.6. The minimum absolute atomic E-state index is 0.449. The van der Waals surface area contributed by atoms with Gasteiger partial charge < -0.3 is 11.5 Å². The van der Waals surface area contributed by atoms with E-state index in [1.165, 1.54) is 0 Å². The highest BCUT2D eigenvalue weighted by Crippen LogP contribution is 2.19. The van der Waals surface area contributed by atoms with E-state index >= 15 is 0 Å². The van der Waals surface area contributed by atoms with Gasteiger partial charge in [-0.25, -0.2) is 19.0 Å². The second-order valence-corrected chi connectivity index (χ2v) is 5.30. The number of aryl methyl sites for hydroxylation is 2. The van der Waals surface area contributed by atoms with Gasteiger partial charge in [-0.15, -0.1) is 10.2 Å². The van der Waals surface area contributed by atoms with E-state index in [-0.39, 0.29) is 0 Å². The Morgan fingerprint density at radius 3 is 1.59 bits per heavy atom. The van der Waals surface area contributed by atoms with Crippen LogP contribution >= 0.6 is 0 Å². The van der Waals surface area contributed by atoms with Crippen LogP contribution in [0.2, 0.25) is 0 Å². The molecular weight excluding hydrogens is 280 g/mol. The minimum atomic E-state index is 0.449. The first-order chi connectivity index (χ1) is 10.5. The number of fused-ring (bicyclic) bond motifs is 2. The van der Waals surface area contributed by atoms with Gasteiger partial charge in [0.15, 0.2) is 11.3 Å². The maximum atomic E-state index is 5.89. The van der Waals surface area contributed by atoms with E-state index in [0.717, 1.165) is 11.1 Å².